The summed E-state index contributed by atoms with van der Waals surface area (Å²) < 4.78 is 43.7. The van der Waals surface area contributed by atoms with E-state index < -0.39 is 15.8 Å². The molecule has 2 rings (SSSR count). The molecule has 0 radical (unpaired) electrons. The number of ether oxygens (including phenoxy) is 1. The molecular formula is C14H14FNO3S. The van der Waals surface area contributed by atoms with Gasteiger partial charge >= 0.3 is 0 Å². The lowest BCUT2D eigenvalue weighted by Gasteiger charge is -2.11. The van der Waals surface area contributed by atoms with E-state index in [1.54, 1.807) is 36.4 Å². The molecule has 0 atom stereocenters. The van der Waals surface area contributed by atoms with Crippen molar-refractivity contribution in [3.8, 4) is 11.5 Å². The molecule has 2 aromatic rings. The van der Waals surface area contributed by atoms with Crippen LogP contribution in [0, 0.1) is 5.82 Å². The Balaban J connectivity index is 2.22. The zero-order valence-electron chi connectivity index (χ0n) is 10.8. The lowest BCUT2D eigenvalue weighted by atomic mass is 10.2. The Bertz CT molecular complexity index is 701. The molecule has 0 aliphatic carbocycles. The summed E-state index contributed by atoms with van der Waals surface area (Å²) in [4.78, 5) is 0. The molecule has 0 aliphatic heterocycles. The van der Waals surface area contributed by atoms with Crippen molar-refractivity contribution < 1.29 is 17.5 Å². The average Bonchev–Trinajstić information content (AvgIpc) is 2.39. The molecule has 0 heterocycles. The number of sulfonamides is 1. The van der Waals surface area contributed by atoms with Crippen LogP contribution in [-0.4, -0.2) is 14.7 Å². The summed E-state index contributed by atoms with van der Waals surface area (Å²) in [6.45, 7) is 0.0868. The maximum Gasteiger partial charge on any atom is 0.209 e. The molecule has 0 aliphatic rings. The average molecular weight is 295 g/mol. The van der Waals surface area contributed by atoms with Gasteiger partial charge < -0.3 is 4.74 Å². The van der Waals surface area contributed by atoms with Crippen molar-refractivity contribution in [2.75, 3.05) is 6.26 Å². The molecule has 20 heavy (non-hydrogen) atoms. The Labute approximate surface area is 117 Å². The standard InChI is InChI=1S/C14H14FNO3S/c1-20(17,18)16-10-11-6-2-4-8-13(11)19-14-9-5-3-7-12(14)15/h2-9,16H,10H2,1H3. The van der Waals surface area contributed by atoms with E-state index >= 15 is 0 Å². The Hall–Kier alpha value is -1.92. The van der Waals surface area contributed by atoms with Gasteiger partial charge in [0.1, 0.15) is 5.75 Å². The first-order valence-electron chi connectivity index (χ1n) is 5.90. The Morgan fingerprint density at radius 1 is 1.05 bits per heavy atom. The van der Waals surface area contributed by atoms with Crippen LogP contribution in [0.4, 0.5) is 4.39 Å². The van der Waals surface area contributed by atoms with Gasteiger partial charge in [0, 0.05) is 12.1 Å². The zero-order valence-corrected chi connectivity index (χ0v) is 11.7. The number of halogens is 1. The van der Waals surface area contributed by atoms with Crippen molar-refractivity contribution in [3.05, 3.63) is 59.9 Å². The van der Waals surface area contributed by atoms with Gasteiger partial charge in [0.15, 0.2) is 11.6 Å². The Morgan fingerprint density at radius 2 is 1.65 bits per heavy atom. The fourth-order valence-corrected chi connectivity index (χ4v) is 2.02. The first-order valence-corrected chi connectivity index (χ1v) is 7.80. The van der Waals surface area contributed by atoms with Gasteiger partial charge in [-0.3, -0.25) is 0 Å². The quantitative estimate of drug-likeness (QED) is 0.922. The predicted molar refractivity (Wildman–Crippen MR) is 74.6 cm³/mol. The molecule has 0 saturated heterocycles. The molecule has 106 valence electrons. The Morgan fingerprint density at radius 3 is 2.30 bits per heavy atom. The highest BCUT2D eigenvalue weighted by molar-refractivity contribution is 7.88. The second-order valence-electron chi connectivity index (χ2n) is 4.23. The van der Waals surface area contributed by atoms with E-state index in [9.17, 15) is 12.8 Å². The molecular weight excluding hydrogens is 281 g/mol. The van der Waals surface area contributed by atoms with E-state index in [1.807, 2.05) is 0 Å². The van der Waals surface area contributed by atoms with Crippen molar-refractivity contribution in [1.29, 1.82) is 0 Å². The maximum atomic E-state index is 13.5. The van der Waals surface area contributed by atoms with E-state index in [0.717, 1.165) is 6.26 Å². The van der Waals surface area contributed by atoms with E-state index in [4.69, 9.17) is 4.74 Å². The number of hydrogen-bond donors (Lipinski definition) is 1. The van der Waals surface area contributed by atoms with Gasteiger partial charge in [0.25, 0.3) is 0 Å². The lowest BCUT2D eigenvalue weighted by Crippen LogP contribution is -2.21. The topological polar surface area (TPSA) is 55.4 Å². The van der Waals surface area contributed by atoms with Gasteiger partial charge in [0.05, 0.1) is 6.26 Å². The molecule has 1 N–H and O–H groups in total. The number of para-hydroxylation sites is 2. The first-order chi connectivity index (χ1) is 9.46. The van der Waals surface area contributed by atoms with Crippen LogP contribution in [-0.2, 0) is 16.6 Å². The highest BCUT2D eigenvalue weighted by Crippen LogP contribution is 2.27. The summed E-state index contributed by atoms with van der Waals surface area (Å²) in [5, 5.41) is 0. The summed E-state index contributed by atoms with van der Waals surface area (Å²) in [6, 6.07) is 12.9. The molecule has 0 spiro atoms. The largest absolute Gasteiger partial charge is 0.454 e. The fraction of sp³-hybridized carbons (Fsp3) is 0.143. The second kappa shape index (κ2) is 6.02. The molecule has 0 aromatic heterocycles. The lowest BCUT2D eigenvalue weighted by molar-refractivity contribution is 0.437. The van der Waals surface area contributed by atoms with Crippen LogP contribution >= 0.6 is 0 Å². The molecule has 0 unspecified atom stereocenters. The number of hydrogen-bond acceptors (Lipinski definition) is 3. The summed E-state index contributed by atoms with van der Waals surface area (Å²) in [6.07, 6.45) is 1.08. The van der Waals surface area contributed by atoms with Crippen LogP contribution < -0.4 is 9.46 Å². The zero-order chi connectivity index (χ0) is 14.6. The van der Waals surface area contributed by atoms with E-state index in [-0.39, 0.29) is 12.3 Å². The highest BCUT2D eigenvalue weighted by Gasteiger charge is 2.09. The SMILES string of the molecule is CS(=O)(=O)NCc1ccccc1Oc1ccccc1F. The van der Waals surface area contributed by atoms with Gasteiger partial charge in [0.2, 0.25) is 10.0 Å². The van der Waals surface area contributed by atoms with Crippen molar-refractivity contribution in [1.82, 2.24) is 4.72 Å². The van der Waals surface area contributed by atoms with Crippen LogP contribution in [0.15, 0.2) is 48.5 Å². The van der Waals surface area contributed by atoms with Crippen molar-refractivity contribution in [2.24, 2.45) is 0 Å². The fourth-order valence-electron chi connectivity index (χ4n) is 1.60. The normalized spacial score (nSPS) is 11.3. The summed E-state index contributed by atoms with van der Waals surface area (Å²) >= 11 is 0. The third-order valence-corrected chi connectivity index (χ3v) is 3.22. The smallest absolute Gasteiger partial charge is 0.209 e. The minimum absolute atomic E-state index is 0.0868. The van der Waals surface area contributed by atoms with E-state index in [0.29, 0.717) is 11.3 Å². The third kappa shape index (κ3) is 4.04. The van der Waals surface area contributed by atoms with Crippen molar-refractivity contribution >= 4 is 10.0 Å². The third-order valence-electron chi connectivity index (χ3n) is 2.55. The van der Waals surface area contributed by atoms with Gasteiger partial charge in [-0.15, -0.1) is 0 Å². The van der Waals surface area contributed by atoms with Crippen molar-refractivity contribution in [2.45, 2.75) is 6.54 Å². The summed E-state index contributed by atoms with van der Waals surface area (Å²) in [5.74, 6) is 0.0337. The summed E-state index contributed by atoms with van der Waals surface area (Å²) in [5.41, 5.74) is 0.626. The molecule has 4 nitrogen and oxygen atoms in total. The van der Waals surface area contributed by atoms with Gasteiger partial charge in [-0.2, -0.15) is 0 Å². The summed E-state index contributed by atoms with van der Waals surface area (Å²) in [7, 11) is -3.30. The number of benzene rings is 2. The van der Waals surface area contributed by atoms with Crippen molar-refractivity contribution in [3.63, 3.8) is 0 Å². The minimum Gasteiger partial charge on any atom is -0.454 e. The van der Waals surface area contributed by atoms with Gasteiger partial charge in [-0.1, -0.05) is 30.3 Å². The highest BCUT2D eigenvalue weighted by atomic mass is 32.2. The van der Waals surface area contributed by atoms with Crippen LogP contribution in [0.2, 0.25) is 0 Å². The molecule has 0 bridgehead atoms. The van der Waals surface area contributed by atoms with Gasteiger partial charge in [-0.25, -0.2) is 17.5 Å². The van der Waals surface area contributed by atoms with Gasteiger partial charge in [-0.05, 0) is 18.2 Å². The number of nitrogens with one attached hydrogen (secondary N) is 1. The molecule has 2 aromatic carbocycles. The van der Waals surface area contributed by atoms with E-state index in [2.05, 4.69) is 4.72 Å². The Kier molecular flexibility index (Phi) is 4.36. The minimum atomic E-state index is -3.30. The van der Waals surface area contributed by atoms with Crippen LogP contribution in [0.1, 0.15) is 5.56 Å². The molecule has 0 amide bonds. The molecule has 0 fully saturated rings. The first kappa shape index (κ1) is 14.5. The molecule has 6 heteroatoms. The predicted octanol–water partition coefficient (Wildman–Crippen LogP) is 2.67. The monoisotopic (exact) mass is 295 g/mol. The van der Waals surface area contributed by atoms with E-state index in [1.165, 1.54) is 12.1 Å². The molecule has 0 saturated carbocycles. The van der Waals surface area contributed by atoms with Crippen LogP contribution in [0.25, 0.3) is 0 Å². The van der Waals surface area contributed by atoms with Crippen LogP contribution in [0.5, 0.6) is 11.5 Å². The number of rotatable bonds is 5. The second-order valence-corrected chi connectivity index (χ2v) is 6.07. The van der Waals surface area contributed by atoms with Crippen LogP contribution in [0.3, 0.4) is 0 Å². The maximum absolute atomic E-state index is 13.5.